The molecule has 0 saturated heterocycles. The van der Waals surface area contributed by atoms with Crippen LogP contribution in [0.2, 0.25) is 0 Å². The molecule has 0 radical (unpaired) electrons. The Kier molecular flexibility index (Phi) is 5.46. The number of benzene rings is 1. The third-order valence-corrected chi connectivity index (χ3v) is 3.61. The van der Waals surface area contributed by atoms with E-state index < -0.39 is 11.9 Å². The summed E-state index contributed by atoms with van der Waals surface area (Å²) in [4.78, 5) is 11.8. The average molecular weight is 339 g/mol. The summed E-state index contributed by atoms with van der Waals surface area (Å²) in [6.07, 6.45) is 4.01. The SMILES string of the molecule is CCCOC1(Oc2cccc(O)c2C(C)=O)C=CC(Cl)=CC1O. The van der Waals surface area contributed by atoms with Gasteiger partial charge in [0.2, 0.25) is 0 Å². The van der Waals surface area contributed by atoms with E-state index in [4.69, 9.17) is 21.1 Å². The molecular weight excluding hydrogens is 320 g/mol. The molecule has 1 aromatic rings. The number of carbonyl (C=O) groups is 1. The number of aliphatic hydroxyl groups is 1. The van der Waals surface area contributed by atoms with Crippen molar-refractivity contribution in [1.82, 2.24) is 0 Å². The molecule has 23 heavy (non-hydrogen) atoms. The molecule has 0 bridgehead atoms. The molecule has 1 aliphatic carbocycles. The molecule has 124 valence electrons. The molecule has 1 aliphatic rings. The number of hydrogen-bond donors (Lipinski definition) is 2. The van der Waals surface area contributed by atoms with Gasteiger partial charge in [0, 0.05) is 5.03 Å². The fourth-order valence-corrected chi connectivity index (χ4v) is 2.45. The van der Waals surface area contributed by atoms with E-state index in [1.165, 1.54) is 31.2 Å². The first-order chi connectivity index (χ1) is 10.9. The molecule has 0 aliphatic heterocycles. The van der Waals surface area contributed by atoms with Gasteiger partial charge in [-0.1, -0.05) is 24.6 Å². The van der Waals surface area contributed by atoms with Gasteiger partial charge in [-0.3, -0.25) is 4.79 Å². The van der Waals surface area contributed by atoms with Crippen LogP contribution in [0, 0.1) is 0 Å². The average Bonchev–Trinajstić information content (AvgIpc) is 2.48. The maximum Gasteiger partial charge on any atom is 0.260 e. The van der Waals surface area contributed by atoms with Crippen molar-refractivity contribution in [3.63, 3.8) is 0 Å². The molecule has 1 aromatic carbocycles. The van der Waals surface area contributed by atoms with E-state index in [2.05, 4.69) is 0 Å². The van der Waals surface area contributed by atoms with Gasteiger partial charge in [0.15, 0.2) is 5.78 Å². The number of hydrogen-bond acceptors (Lipinski definition) is 5. The molecule has 2 rings (SSSR count). The number of Topliss-reactive ketones (excluding diaryl/α,β-unsaturated/α-hetero) is 1. The summed E-state index contributed by atoms with van der Waals surface area (Å²) < 4.78 is 11.5. The van der Waals surface area contributed by atoms with Gasteiger partial charge < -0.3 is 19.7 Å². The minimum Gasteiger partial charge on any atom is -0.507 e. The molecule has 0 amide bonds. The maximum atomic E-state index is 11.8. The third-order valence-electron chi connectivity index (χ3n) is 3.36. The van der Waals surface area contributed by atoms with Crippen LogP contribution in [0.1, 0.15) is 30.6 Å². The number of phenolic OH excluding ortho intramolecular Hbond substituents is 1. The summed E-state index contributed by atoms with van der Waals surface area (Å²) in [5.41, 5.74) is 0.0354. The van der Waals surface area contributed by atoms with Gasteiger partial charge in [-0.15, -0.1) is 0 Å². The molecule has 2 atom stereocenters. The normalized spacial score (nSPS) is 23.5. The molecule has 0 fully saturated rings. The quantitative estimate of drug-likeness (QED) is 0.615. The van der Waals surface area contributed by atoms with Crippen LogP contribution >= 0.6 is 11.6 Å². The molecule has 0 spiro atoms. The molecule has 2 unspecified atom stereocenters. The molecule has 0 heterocycles. The van der Waals surface area contributed by atoms with E-state index in [1.807, 2.05) is 6.92 Å². The highest BCUT2D eigenvalue weighted by Crippen LogP contribution is 2.35. The fourth-order valence-electron chi connectivity index (χ4n) is 2.27. The van der Waals surface area contributed by atoms with Gasteiger partial charge in [-0.05, 0) is 43.7 Å². The number of carbonyl (C=O) groups excluding carboxylic acids is 1. The second-order valence-corrected chi connectivity index (χ2v) is 5.64. The van der Waals surface area contributed by atoms with Gasteiger partial charge in [-0.2, -0.15) is 0 Å². The topological polar surface area (TPSA) is 76.0 Å². The lowest BCUT2D eigenvalue weighted by Gasteiger charge is -2.36. The lowest BCUT2D eigenvalue weighted by Crippen LogP contribution is -2.49. The summed E-state index contributed by atoms with van der Waals surface area (Å²) in [6, 6.07) is 4.48. The fraction of sp³-hybridized carbons (Fsp3) is 0.353. The predicted octanol–water partition coefficient (Wildman–Crippen LogP) is 3.15. The lowest BCUT2D eigenvalue weighted by molar-refractivity contribution is -0.194. The lowest BCUT2D eigenvalue weighted by atomic mass is 10.0. The van der Waals surface area contributed by atoms with Crippen LogP contribution in [0.4, 0.5) is 0 Å². The van der Waals surface area contributed by atoms with Crippen LogP contribution in [-0.4, -0.2) is 34.5 Å². The van der Waals surface area contributed by atoms with E-state index in [0.717, 1.165) is 0 Å². The number of phenols is 1. The van der Waals surface area contributed by atoms with Crippen molar-refractivity contribution in [3.8, 4) is 11.5 Å². The Morgan fingerprint density at radius 1 is 1.43 bits per heavy atom. The minimum absolute atomic E-state index is 0.0354. The van der Waals surface area contributed by atoms with E-state index >= 15 is 0 Å². The Hall–Kier alpha value is -1.82. The molecule has 5 nitrogen and oxygen atoms in total. The first-order valence-electron chi connectivity index (χ1n) is 7.30. The highest BCUT2D eigenvalue weighted by atomic mass is 35.5. The zero-order valence-electron chi connectivity index (χ0n) is 13.0. The number of allylic oxidation sites excluding steroid dienone is 2. The Morgan fingerprint density at radius 2 is 2.17 bits per heavy atom. The van der Waals surface area contributed by atoms with Crippen molar-refractivity contribution >= 4 is 17.4 Å². The monoisotopic (exact) mass is 338 g/mol. The molecule has 2 N–H and O–H groups in total. The number of ether oxygens (including phenoxy) is 2. The number of ketones is 1. The zero-order valence-corrected chi connectivity index (χ0v) is 13.7. The van der Waals surface area contributed by atoms with E-state index in [1.54, 1.807) is 12.1 Å². The maximum absolute atomic E-state index is 11.8. The van der Waals surface area contributed by atoms with Crippen molar-refractivity contribution < 1.29 is 24.5 Å². The van der Waals surface area contributed by atoms with Gasteiger partial charge in [0.1, 0.15) is 23.2 Å². The van der Waals surface area contributed by atoms with Crippen LogP contribution in [0.3, 0.4) is 0 Å². The largest absolute Gasteiger partial charge is 0.507 e. The Morgan fingerprint density at radius 3 is 2.78 bits per heavy atom. The van der Waals surface area contributed by atoms with Crippen LogP contribution in [0.25, 0.3) is 0 Å². The summed E-state index contributed by atoms with van der Waals surface area (Å²) >= 11 is 5.89. The van der Waals surface area contributed by atoms with Crippen LogP contribution < -0.4 is 4.74 Å². The molecule has 6 heteroatoms. The highest BCUT2D eigenvalue weighted by molar-refractivity contribution is 6.31. The number of rotatable bonds is 6. The minimum atomic E-state index is -1.51. The number of aliphatic hydroxyl groups excluding tert-OH is 1. The molecule has 0 aromatic heterocycles. The van der Waals surface area contributed by atoms with Gasteiger partial charge >= 0.3 is 0 Å². The van der Waals surface area contributed by atoms with Crippen molar-refractivity contribution in [2.75, 3.05) is 6.61 Å². The number of halogens is 1. The van der Waals surface area contributed by atoms with Gasteiger partial charge in [0.05, 0.1) is 6.61 Å². The first-order valence-corrected chi connectivity index (χ1v) is 7.68. The molecular formula is C17H19ClO5. The van der Waals surface area contributed by atoms with Crippen molar-refractivity contribution in [2.45, 2.75) is 32.2 Å². The zero-order chi connectivity index (χ0) is 17.0. The van der Waals surface area contributed by atoms with E-state index in [-0.39, 0.29) is 22.8 Å². The smallest absolute Gasteiger partial charge is 0.260 e. The standard InChI is InChI=1S/C17H19ClO5/c1-3-9-22-17(8-7-12(18)10-15(17)21)23-14-6-4-5-13(20)16(14)11(2)19/h4-8,10,15,20-21H,3,9H2,1-2H3. The van der Waals surface area contributed by atoms with Crippen molar-refractivity contribution in [3.05, 3.63) is 47.0 Å². The van der Waals surface area contributed by atoms with Crippen LogP contribution in [0.15, 0.2) is 41.5 Å². The van der Waals surface area contributed by atoms with E-state index in [0.29, 0.717) is 18.1 Å². The summed E-state index contributed by atoms with van der Waals surface area (Å²) in [6.45, 7) is 3.58. The second-order valence-electron chi connectivity index (χ2n) is 5.21. The third kappa shape index (κ3) is 3.75. The summed E-state index contributed by atoms with van der Waals surface area (Å²) in [5.74, 6) is -1.93. The van der Waals surface area contributed by atoms with Crippen molar-refractivity contribution in [2.24, 2.45) is 0 Å². The Bertz CT molecular complexity index is 652. The second kappa shape index (κ2) is 7.17. The van der Waals surface area contributed by atoms with Crippen molar-refractivity contribution in [1.29, 1.82) is 0 Å². The van der Waals surface area contributed by atoms with Gasteiger partial charge in [0.25, 0.3) is 5.79 Å². The first kappa shape index (κ1) is 17.5. The van der Waals surface area contributed by atoms with Crippen LogP contribution in [0.5, 0.6) is 11.5 Å². The summed E-state index contributed by atoms with van der Waals surface area (Å²) in [7, 11) is 0. The Labute approximate surface area is 139 Å². The highest BCUT2D eigenvalue weighted by Gasteiger charge is 2.41. The van der Waals surface area contributed by atoms with Gasteiger partial charge in [-0.25, -0.2) is 0 Å². The summed E-state index contributed by atoms with van der Waals surface area (Å²) in [5, 5.41) is 20.6. The Balaban J connectivity index is 2.43. The van der Waals surface area contributed by atoms with Crippen LogP contribution in [-0.2, 0) is 4.74 Å². The molecule has 0 saturated carbocycles. The predicted molar refractivity (Wildman–Crippen MR) is 86.8 cm³/mol. The number of aromatic hydroxyl groups is 1. The van der Waals surface area contributed by atoms with E-state index in [9.17, 15) is 15.0 Å².